The highest BCUT2D eigenvalue weighted by molar-refractivity contribution is 7.89. The van der Waals surface area contributed by atoms with Gasteiger partial charge in [0.2, 0.25) is 10.0 Å². The molecule has 1 aliphatic rings. The fourth-order valence-electron chi connectivity index (χ4n) is 2.44. The third-order valence-corrected chi connectivity index (χ3v) is 5.93. The van der Waals surface area contributed by atoms with E-state index in [1.165, 1.54) is 0 Å². The Hall–Kier alpha value is -0.830. The second kappa shape index (κ2) is 6.58. The lowest BCUT2D eigenvalue weighted by Gasteiger charge is -2.34. The summed E-state index contributed by atoms with van der Waals surface area (Å²) in [6.45, 7) is 3.67. The van der Waals surface area contributed by atoms with Crippen LogP contribution in [0.2, 0.25) is 5.02 Å². The van der Waals surface area contributed by atoms with Crippen LogP contribution in [0.3, 0.4) is 0 Å². The average molecular weight is 371 g/mol. The minimum atomic E-state index is -4.63. The Morgan fingerprint density at radius 2 is 1.91 bits per heavy atom. The number of halogens is 4. The fraction of sp³-hybridized carbons (Fsp3) is 0.571. The van der Waals surface area contributed by atoms with E-state index >= 15 is 0 Å². The van der Waals surface area contributed by atoms with Gasteiger partial charge in [0, 0.05) is 6.54 Å². The zero-order chi connectivity index (χ0) is 17.3. The lowest BCUT2D eigenvalue weighted by molar-refractivity contribution is -0.137. The lowest BCUT2D eigenvalue weighted by Crippen LogP contribution is -2.42. The van der Waals surface area contributed by atoms with E-state index in [0.717, 1.165) is 38.1 Å². The SMILES string of the molecule is CC1(CNS(=O)(=O)c2cc(C(F)(F)F)ccc2Cl)CCNCC1. The molecule has 0 aliphatic carbocycles. The maximum atomic E-state index is 12.8. The maximum absolute atomic E-state index is 12.8. The summed E-state index contributed by atoms with van der Waals surface area (Å²) >= 11 is 5.79. The molecule has 1 aliphatic heterocycles. The quantitative estimate of drug-likeness (QED) is 0.856. The second-order valence-electron chi connectivity index (χ2n) is 6.03. The minimum Gasteiger partial charge on any atom is -0.317 e. The van der Waals surface area contributed by atoms with Gasteiger partial charge in [-0.25, -0.2) is 13.1 Å². The van der Waals surface area contributed by atoms with Crippen molar-refractivity contribution in [1.82, 2.24) is 10.0 Å². The molecule has 1 saturated heterocycles. The summed E-state index contributed by atoms with van der Waals surface area (Å²) in [5.41, 5.74) is -1.28. The summed E-state index contributed by atoms with van der Waals surface area (Å²) < 4.78 is 65.4. The van der Waals surface area contributed by atoms with Gasteiger partial charge >= 0.3 is 6.18 Å². The van der Waals surface area contributed by atoms with Crippen LogP contribution in [0, 0.1) is 5.41 Å². The van der Waals surface area contributed by atoms with Gasteiger partial charge in [0.15, 0.2) is 0 Å². The smallest absolute Gasteiger partial charge is 0.317 e. The van der Waals surface area contributed by atoms with Gasteiger partial charge in [0.1, 0.15) is 4.90 Å². The molecule has 0 aromatic heterocycles. The van der Waals surface area contributed by atoms with Crippen LogP contribution in [-0.4, -0.2) is 28.1 Å². The van der Waals surface area contributed by atoms with Gasteiger partial charge in [-0.15, -0.1) is 0 Å². The number of rotatable bonds is 4. The summed E-state index contributed by atoms with van der Waals surface area (Å²) in [6, 6.07) is 2.27. The average Bonchev–Trinajstić information content (AvgIpc) is 2.45. The first-order valence-electron chi connectivity index (χ1n) is 7.11. The van der Waals surface area contributed by atoms with Gasteiger partial charge in [-0.3, -0.25) is 0 Å². The Bertz CT molecular complexity index is 671. The number of benzene rings is 1. The van der Waals surface area contributed by atoms with E-state index in [1.807, 2.05) is 6.92 Å². The molecular weight excluding hydrogens is 353 g/mol. The van der Waals surface area contributed by atoms with Crippen LogP contribution >= 0.6 is 11.6 Å². The Balaban J connectivity index is 2.22. The monoisotopic (exact) mass is 370 g/mol. The van der Waals surface area contributed by atoms with E-state index < -0.39 is 26.7 Å². The van der Waals surface area contributed by atoms with E-state index in [4.69, 9.17) is 11.6 Å². The zero-order valence-corrected chi connectivity index (χ0v) is 14.1. The largest absolute Gasteiger partial charge is 0.416 e. The number of alkyl halides is 3. The molecule has 0 unspecified atom stereocenters. The molecule has 1 heterocycles. The molecule has 9 heteroatoms. The summed E-state index contributed by atoms with van der Waals surface area (Å²) in [7, 11) is -4.11. The lowest BCUT2D eigenvalue weighted by atomic mass is 9.81. The Kier molecular flexibility index (Phi) is 5.30. The molecule has 2 rings (SSSR count). The van der Waals surface area contributed by atoms with Crippen molar-refractivity contribution in [3.8, 4) is 0 Å². The minimum absolute atomic E-state index is 0.156. The molecule has 0 spiro atoms. The van der Waals surface area contributed by atoms with Crippen LogP contribution in [-0.2, 0) is 16.2 Å². The van der Waals surface area contributed by atoms with Gasteiger partial charge in [-0.1, -0.05) is 18.5 Å². The van der Waals surface area contributed by atoms with Crippen molar-refractivity contribution in [2.45, 2.75) is 30.8 Å². The summed E-state index contributed by atoms with van der Waals surface area (Å²) in [6.07, 6.45) is -3.06. The fourth-order valence-corrected chi connectivity index (χ4v) is 4.16. The van der Waals surface area contributed by atoms with Crippen molar-refractivity contribution >= 4 is 21.6 Å². The first-order chi connectivity index (χ1) is 10.5. The molecule has 1 aromatic carbocycles. The van der Waals surface area contributed by atoms with Gasteiger partial charge < -0.3 is 5.32 Å². The van der Waals surface area contributed by atoms with Crippen LogP contribution in [0.25, 0.3) is 0 Å². The van der Waals surface area contributed by atoms with Crippen LogP contribution in [0.4, 0.5) is 13.2 Å². The topological polar surface area (TPSA) is 58.2 Å². The van der Waals surface area contributed by atoms with Crippen molar-refractivity contribution in [2.24, 2.45) is 5.41 Å². The first kappa shape index (κ1) is 18.5. The van der Waals surface area contributed by atoms with Crippen LogP contribution in [0.15, 0.2) is 23.1 Å². The van der Waals surface area contributed by atoms with Gasteiger partial charge in [0.25, 0.3) is 0 Å². The van der Waals surface area contributed by atoms with Gasteiger partial charge in [-0.05, 0) is 49.5 Å². The first-order valence-corrected chi connectivity index (χ1v) is 8.97. The summed E-state index contributed by atoms with van der Waals surface area (Å²) in [5, 5.41) is 2.94. The van der Waals surface area contributed by atoms with Crippen molar-refractivity contribution in [3.05, 3.63) is 28.8 Å². The number of hydrogen-bond donors (Lipinski definition) is 2. The van der Waals surface area contributed by atoms with Gasteiger partial charge in [-0.2, -0.15) is 13.2 Å². The van der Waals surface area contributed by atoms with E-state index in [-0.39, 0.29) is 17.0 Å². The molecule has 23 heavy (non-hydrogen) atoms. The number of hydrogen-bond acceptors (Lipinski definition) is 3. The molecule has 0 radical (unpaired) electrons. The third-order valence-electron chi connectivity index (χ3n) is 4.05. The molecule has 1 aromatic rings. The Morgan fingerprint density at radius 1 is 1.30 bits per heavy atom. The van der Waals surface area contributed by atoms with Gasteiger partial charge in [0.05, 0.1) is 10.6 Å². The molecular formula is C14H18ClF3N2O2S. The molecule has 4 nitrogen and oxygen atoms in total. The summed E-state index contributed by atoms with van der Waals surface area (Å²) in [5.74, 6) is 0. The highest BCUT2D eigenvalue weighted by atomic mass is 35.5. The standard InChI is InChI=1S/C14H18ClF3N2O2S/c1-13(4-6-19-7-5-13)9-20-23(21,22)12-8-10(14(16,17)18)2-3-11(12)15/h2-3,8,19-20H,4-7,9H2,1H3. The number of sulfonamides is 1. The molecule has 0 amide bonds. The molecule has 2 N–H and O–H groups in total. The Labute approximate surface area is 138 Å². The third kappa shape index (κ3) is 4.59. The van der Waals surface area contributed by atoms with E-state index in [9.17, 15) is 21.6 Å². The Morgan fingerprint density at radius 3 is 2.48 bits per heavy atom. The maximum Gasteiger partial charge on any atom is 0.416 e. The van der Waals surface area contributed by atoms with Crippen molar-refractivity contribution in [2.75, 3.05) is 19.6 Å². The second-order valence-corrected chi connectivity index (χ2v) is 8.17. The van der Waals surface area contributed by atoms with Crippen molar-refractivity contribution in [3.63, 3.8) is 0 Å². The van der Waals surface area contributed by atoms with Crippen LogP contribution in [0.1, 0.15) is 25.3 Å². The molecule has 0 saturated carbocycles. The molecule has 1 fully saturated rings. The zero-order valence-electron chi connectivity index (χ0n) is 12.5. The highest BCUT2D eigenvalue weighted by Crippen LogP contribution is 2.34. The predicted molar refractivity (Wildman–Crippen MR) is 81.9 cm³/mol. The van der Waals surface area contributed by atoms with E-state index in [0.29, 0.717) is 6.07 Å². The normalized spacial score (nSPS) is 18.8. The number of nitrogens with one attached hydrogen (secondary N) is 2. The molecule has 130 valence electrons. The van der Waals surface area contributed by atoms with Crippen LogP contribution < -0.4 is 10.0 Å². The number of piperidine rings is 1. The van der Waals surface area contributed by atoms with E-state index in [1.54, 1.807) is 0 Å². The highest BCUT2D eigenvalue weighted by Gasteiger charge is 2.34. The molecule has 0 bridgehead atoms. The van der Waals surface area contributed by atoms with Crippen LogP contribution in [0.5, 0.6) is 0 Å². The molecule has 0 atom stereocenters. The van der Waals surface area contributed by atoms with E-state index in [2.05, 4.69) is 10.0 Å². The summed E-state index contributed by atoms with van der Waals surface area (Å²) in [4.78, 5) is -0.550. The predicted octanol–water partition coefficient (Wildman–Crippen LogP) is 3.03. The van der Waals surface area contributed by atoms with Crippen molar-refractivity contribution < 1.29 is 21.6 Å². The van der Waals surface area contributed by atoms with Crippen molar-refractivity contribution in [1.29, 1.82) is 0 Å².